The summed E-state index contributed by atoms with van der Waals surface area (Å²) in [6.07, 6.45) is 4.28. The summed E-state index contributed by atoms with van der Waals surface area (Å²) in [5, 5.41) is 4.94. The summed E-state index contributed by atoms with van der Waals surface area (Å²) in [5.74, 6) is 0.224. The highest BCUT2D eigenvalue weighted by atomic mass is 16.5. The van der Waals surface area contributed by atoms with Gasteiger partial charge in [0.05, 0.1) is 7.11 Å². The van der Waals surface area contributed by atoms with Gasteiger partial charge in [0.2, 0.25) is 5.91 Å². The monoisotopic (exact) mass is 409 g/mol. The summed E-state index contributed by atoms with van der Waals surface area (Å²) in [5.41, 5.74) is 0.190. The molecule has 1 spiro atoms. The van der Waals surface area contributed by atoms with Crippen molar-refractivity contribution in [2.75, 3.05) is 20.7 Å². The van der Waals surface area contributed by atoms with Crippen LogP contribution >= 0.6 is 0 Å². The lowest BCUT2D eigenvalue weighted by molar-refractivity contribution is -0.137. The first kappa shape index (κ1) is 20.2. The fourth-order valence-electron chi connectivity index (χ4n) is 4.58. The molecule has 2 aliphatic rings. The van der Waals surface area contributed by atoms with E-state index in [4.69, 9.17) is 4.74 Å². The fraction of sp³-hybridized carbons (Fsp3) is 0.435. The first-order chi connectivity index (χ1) is 14.4. The second kappa shape index (κ2) is 7.97. The molecule has 0 bridgehead atoms. The van der Waals surface area contributed by atoms with Crippen molar-refractivity contribution in [2.45, 2.75) is 44.2 Å². The molecule has 4 amide bonds. The van der Waals surface area contributed by atoms with Crippen LogP contribution in [0.15, 0.2) is 36.4 Å². The van der Waals surface area contributed by atoms with E-state index in [1.807, 2.05) is 36.4 Å². The van der Waals surface area contributed by atoms with E-state index >= 15 is 0 Å². The standard InChI is InChI=1S/C23H27N3O4/c1-25-22(29)26(21(28)23(25)10-4-3-5-11-23)15-20(27)24-14-16-6-7-18-13-19(30-2)9-8-17(18)12-16/h6-9,12-13H,3-5,10-11,14-15H2,1-2H3,(H,24,27). The first-order valence-corrected chi connectivity index (χ1v) is 10.4. The summed E-state index contributed by atoms with van der Waals surface area (Å²) in [6, 6.07) is 11.4. The smallest absolute Gasteiger partial charge is 0.327 e. The number of hydrogen-bond acceptors (Lipinski definition) is 4. The number of fused-ring (bicyclic) bond motifs is 1. The van der Waals surface area contributed by atoms with Gasteiger partial charge < -0.3 is 15.0 Å². The van der Waals surface area contributed by atoms with E-state index < -0.39 is 5.54 Å². The van der Waals surface area contributed by atoms with Crippen molar-refractivity contribution in [3.8, 4) is 5.75 Å². The van der Waals surface area contributed by atoms with Crippen LogP contribution in [0.1, 0.15) is 37.7 Å². The van der Waals surface area contributed by atoms with Crippen LogP contribution in [0.4, 0.5) is 4.79 Å². The number of likely N-dealkylation sites (N-methyl/N-ethyl adjacent to an activating group) is 1. The maximum absolute atomic E-state index is 13.0. The van der Waals surface area contributed by atoms with E-state index in [9.17, 15) is 14.4 Å². The summed E-state index contributed by atoms with van der Waals surface area (Å²) >= 11 is 0. The van der Waals surface area contributed by atoms with Crippen LogP contribution in [0.3, 0.4) is 0 Å². The van der Waals surface area contributed by atoms with E-state index in [0.717, 1.165) is 46.2 Å². The van der Waals surface area contributed by atoms with Crippen LogP contribution in [-0.4, -0.2) is 53.9 Å². The third kappa shape index (κ3) is 3.49. The van der Waals surface area contributed by atoms with E-state index in [-0.39, 0.29) is 24.4 Å². The number of carbonyl (C=O) groups excluding carboxylic acids is 3. The van der Waals surface area contributed by atoms with Crippen LogP contribution in [0.25, 0.3) is 10.8 Å². The quantitative estimate of drug-likeness (QED) is 0.770. The van der Waals surface area contributed by atoms with Crippen molar-refractivity contribution in [2.24, 2.45) is 0 Å². The Morgan fingerprint density at radius 1 is 1.07 bits per heavy atom. The first-order valence-electron chi connectivity index (χ1n) is 10.4. The van der Waals surface area contributed by atoms with Gasteiger partial charge in [-0.05, 0) is 47.4 Å². The van der Waals surface area contributed by atoms with Crippen molar-refractivity contribution in [1.82, 2.24) is 15.1 Å². The highest BCUT2D eigenvalue weighted by Crippen LogP contribution is 2.39. The number of rotatable bonds is 5. The molecule has 0 unspecified atom stereocenters. The number of nitrogens with one attached hydrogen (secondary N) is 1. The third-order valence-corrected chi connectivity index (χ3v) is 6.39. The van der Waals surface area contributed by atoms with Crippen LogP contribution in [0.2, 0.25) is 0 Å². The van der Waals surface area contributed by atoms with Crippen LogP contribution in [0.5, 0.6) is 5.75 Å². The van der Waals surface area contributed by atoms with Gasteiger partial charge in [0.1, 0.15) is 17.8 Å². The maximum Gasteiger partial charge on any atom is 0.327 e. The Morgan fingerprint density at radius 2 is 1.77 bits per heavy atom. The SMILES string of the molecule is COc1ccc2cc(CNC(=O)CN3C(=O)N(C)C4(CCCCC4)C3=O)ccc2c1. The molecule has 2 aromatic rings. The molecule has 1 aliphatic heterocycles. The lowest BCUT2D eigenvalue weighted by Gasteiger charge is -2.35. The van der Waals surface area contributed by atoms with Gasteiger partial charge in [0.25, 0.3) is 5.91 Å². The minimum atomic E-state index is -0.755. The lowest BCUT2D eigenvalue weighted by atomic mass is 9.81. The Morgan fingerprint density at radius 3 is 2.50 bits per heavy atom. The molecular formula is C23H27N3O4. The van der Waals surface area contributed by atoms with Gasteiger partial charge in [-0.25, -0.2) is 4.79 Å². The molecule has 30 heavy (non-hydrogen) atoms. The lowest BCUT2D eigenvalue weighted by Crippen LogP contribution is -2.49. The fourth-order valence-corrected chi connectivity index (χ4v) is 4.58. The molecule has 7 heteroatoms. The van der Waals surface area contributed by atoms with Crippen molar-refractivity contribution >= 4 is 28.6 Å². The van der Waals surface area contributed by atoms with Crippen LogP contribution in [-0.2, 0) is 16.1 Å². The molecule has 1 aliphatic carbocycles. The molecule has 1 N–H and O–H groups in total. The predicted octanol–water partition coefficient (Wildman–Crippen LogP) is 3.06. The van der Waals surface area contributed by atoms with Gasteiger partial charge in [-0.2, -0.15) is 0 Å². The molecule has 0 atom stereocenters. The summed E-state index contributed by atoms with van der Waals surface area (Å²) in [7, 11) is 3.31. The van der Waals surface area contributed by atoms with Gasteiger partial charge in [-0.3, -0.25) is 14.5 Å². The second-order valence-electron chi connectivity index (χ2n) is 8.15. The summed E-state index contributed by atoms with van der Waals surface area (Å²) < 4.78 is 5.24. The largest absolute Gasteiger partial charge is 0.497 e. The number of amides is 4. The Hall–Kier alpha value is -3.09. The minimum Gasteiger partial charge on any atom is -0.497 e. The zero-order valence-corrected chi connectivity index (χ0v) is 17.4. The maximum atomic E-state index is 13.0. The van der Waals surface area contributed by atoms with E-state index in [2.05, 4.69) is 5.32 Å². The number of urea groups is 1. The predicted molar refractivity (Wildman–Crippen MR) is 113 cm³/mol. The van der Waals surface area contributed by atoms with Crippen molar-refractivity contribution in [3.63, 3.8) is 0 Å². The Labute approximate surface area is 176 Å². The molecule has 1 saturated heterocycles. The Bertz CT molecular complexity index is 997. The molecule has 1 heterocycles. The van der Waals surface area contributed by atoms with Crippen molar-refractivity contribution in [3.05, 3.63) is 42.0 Å². The third-order valence-electron chi connectivity index (χ3n) is 6.39. The summed E-state index contributed by atoms with van der Waals surface area (Å²) in [6.45, 7) is 0.0898. The van der Waals surface area contributed by atoms with Gasteiger partial charge in [0.15, 0.2) is 0 Å². The van der Waals surface area contributed by atoms with E-state index in [1.165, 1.54) is 0 Å². The molecule has 7 nitrogen and oxygen atoms in total. The number of nitrogens with zero attached hydrogens (tertiary/aromatic N) is 2. The van der Waals surface area contributed by atoms with Crippen LogP contribution in [0, 0.1) is 0 Å². The highest BCUT2D eigenvalue weighted by molar-refractivity contribution is 6.08. The Kier molecular flexibility index (Phi) is 5.37. The topological polar surface area (TPSA) is 79.0 Å². The highest BCUT2D eigenvalue weighted by Gasteiger charge is 2.55. The normalized spacial score (nSPS) is 18.3. The average molecular weight is 409 g/mol. The number of ether oxygens (including phenoxy) is 1. The van der Waals surface area contributed by atoms with Gasteiger partial charge in [0, 0.05) is 13.6 Å². The van der Waals surface area contributed by atoms with Crippen LogP contribution < -0.4 is 10.1 Å². The molecule has 2 aromatic carbocycles. The summed E-state index contributed by atoms with van der Waals surface area (Å²) in [4.78, 5) is 40.8. The zero-order chi connectivity index (χ0) is 21.3. The molecule has 0 aromatic heterocycles. The number of benzene rings is 2. The number of imide groups is 1. The molecular weight excluding hydrogens is 382 g/mol. The molecule has 0 radical (unpaired) electrons. The van der Waals surface area contributed by atoms with Crippen molar-refractivity contribution < 1.29 is 19.1 Å². The number of carbonyl (C=O) groups is 3. The molecule has 2 fully saturated rings. The van der Waals surface area contributed by atoms with Crippen molar-refractivity contribution in [1.29, 1.82) is 0 Å². The van der Waals surface area contributed by atoms with Gasteiger partial charge >= 0.3 is 6.03 Å². The zero-order valence-electron chi connectivity index (χ0n) is 17.4. The van der Waals surface area contributed by atoms with Gasteiger partial charge in [-0.1, -0.05) is 37.5 Å². The van der Waals surface area contributed by atoms with E-state index in [1.54, 1.807) is 19.1 Å². The molecule has 158 valence electrons. The molecule has 4 rings (SSSR count). The number of hydrogen-bond donors (Lipinski definition) is 1. The Balaban J connectivity index is 1.39. The van der Waals surface area contributed by atoms with Gasteiger partial charge in [-0.15, -0.1) is 0 Å². The molecule has 1 saturated carbocycles. The number of methoxy groups -OCH3 is 1. The average Bonchev–Trinajstić information content (AvgIpc) is 2.94. The van der Waals surface area contributed by atoms with E-state index in [0.29, 0.717) is 19.4 Å². The second-order valence-corrected chi connectivity index (χ2v) is 8.15. The minimum absolute atomic E-state index is 0.232.